The molecule has 0 radical (unpaired) electrons. The van der Waals surface area contributed by atoms with Gasteiger partial charge in [-0.3, -0.25) is 4.90 Å². The largest absolute Gasteiger partial charge is 0.340 e. The molecule has 0 spiro atoms. The van der Waals surface area contributed by atoms with Crippen molar-refractivity contribution in [2.24, 2.45) is 0 Å². The summed E-state index contributed by atoms with van der Waals surface area (Å²) in [5.41, 5.74) is 1.52. The Labute approximate surface area is 189 Å². The molecule has 0 bridgehead atoms. The maximum Gasteiger partial charge on any atom is 0.225 e. The lowest BCUT2D eigenvalue weighted by molar-refractivity contribution is 0.243. The van der Waals surface area contributed by atoms with Crippen LogP contribution in [-0.2, 0) is 6.54 Å². The molecule has 1 aliphatic rings. The topological polar surface area (TPSA) is 70.1 Å². The second-order valence-corrected chi connectivity index (χ2v) is 7.98. The minimum atomic E-state index is -0.453. The summed E-state index contributed by atoms with van der Waals surface area (Å²) in [6.07, 6.45) is 3.53. The Hall–Kier alpha value is -3.36. The molecule has 0 unspecified atom stereocenters. The third-order valence-electron chi connectivity index (χ3n) is 5.40. The molecular formula is C23H21ClFN7. The van der Waals surface area contributed by atoms with Crippen LogP contribution < -0.4 is 10.2 Å². The van der Waals surface area contributed by atoms with Crippen molar-refractivity contribution < 1.29 is 4.39 Å². The van der Waals surface area contributed by atoms with Crippen molar-refractivity contribution in [2.75, 3.05) is 36.4 Å². The van der Waals surface area contributed by atoms with Crippen LogP contribution in [0.25, 0.3) is 10.9 Å². The second kappa shape index (κ2) is 9.02. The molecule has 4 aromatic rings. The SMILES string of the molecule is Fc1ccc(Nc2nc(CN3CCN(c4ncccn4)CC3)nc3ccccc23)cc1Cl. The number of benzene rings is 2. The molecular weight excluding hydrogens is 429 g/mol. The van der Waals surface area contributed by atoms with Crippen LogP contribution >= 0.6 is 11.6 Å². The van der Waals surface area contributed by atoms with Crippen molar-refractivity contribution in [1.82, 2.24) is 24.8 Å². The Morgan fingerprint density at radius 1 is 0.938 bits per heavy atom. The number of hydrogen-bond donors (Lipinski definition) is 1. The Kier molecular flexibility index (Phi) is 5.79. The Balaban J connectivity index is 1.35. The molecule has 1 saturated heterocycles. The molecule has 32 heavy (non-hydrogen) atoms. The molecule has 1 fully saturated rings. The molecule has 2 aromatic heterocycles. The molecule has 0 aliphatic carbocycles. The van der Waals surface area contributed by atoms with Crippen molar-refractivity contribution in [2.45, 2.75) is 6.54 Å². The van der Waals surface area contributed by atoms with Gasteiger partial charge in [-0.25, -0.2) is 24.3 Å². The third-order valence-corrected chi connectivity index (χ3v) is 5.69. The van der Waals surface area contributed by atoms with E-state index < -0.39 is 5.82 Å². The van der Waals surface area contributed by atoms with E-state index in [-0.39, 0.29) is 5.02 Å². The van der Waals surface area contributed by atoms with Crippen LogP contribution in [-0.4, -0.2) is 51.0 Å². The molecule has 3 heterocycles. The van der Waals surface area contributed by atoms with Crippen LogP contribution in [0.3, 0.4) is 0 Å². The van der Waals surface area contributed by atoms with E-state index >= 15 is 0 Å². The lowest BCUT2D eigenvalue weighted by Crippen LogP contribution is -2.46. The molecule has 2 aromatic carbocycles. The van der Waals surface area contributed by atoms with Crippen LogP contribution in [0.4, 0.5) is 21.8 Å². The summed E-state index contributed by atoms with van der Waals surface area (Å²) in [6, 6.07) is 14.2. The number of fused-ring (bicyclic) bond motifs is 1. The van der Waals surface area contributed by atoms with Gasteiger partial charge < -0.3 is 10.2 Å². The fourth-order valence-corrected chi connectivity index (χ4v) is 3.94. The van der Waals surface area contributed by atoms with Crippen molar-refractivity contribution in [3.63, 3.8) is 0 Å². The van der Waals surface area contributed by atoms with E-state index in [0.29, 0.717) is 18.1 Å². The first-order valence-electron chi connectivity index (χ1n) is 10.4. The minimum Gasteiger partial charge on any atom is -0.340 e. The number of piperazine rings is 1. The molecule has 0 amide bonds. The van der Waals surface area contributed by atoms with Gasteiger partial charge >= 0.3 is 0 Å². The number of nitrogens with one attached hydrogen (secondary N) is 1. The van der Waals surface area contributed by atoms with Gasteiger partial charge in [0.1, 0.15) is 17.5 Å². The number of rotatable bonds is 5. The molecule has 7 nitrogen and oxygen atoms in total. The standard InChI is InChI=1S/C23H21ClFN7/c24-18-14-16(6-7-19(18)25)28-22-17-4-1-2-5-20(17)29-21(30-22)15-31-10-12-32(13-11-31)23-26-8-3-9-27-23/h1-9,14H,10-13,15H2,(H,28,29,30). The second-order valence-electron chi connectivity index (χ2n) is 7.57. The Morgan fingerprint density at radius 3 is 2.50 bits per heavy atom. The fourth-order valence-electron chi connectivity index (χ4n) is 3.76. The van der Waals surface area contributed by atoms with Crippen molar-refractivity contribution >= 4 is 40.0 Å². The van der Waals surface area contributed by atoms with E-state index in [4.69, 9.17) is 21.6 Å². The van der Waals surface area contributed by atoms with Crippen LogP contribution in [0.1, 0.15) is 5.82 Å². The number of halogens is 2. The number of para-hydroxylation sites is 1. The van der Waals surface area contributed by atoms with E-state index in [1.165, 1.54) is 6.07 Å². The van der Waals surface area contributed by atoms with Gasteiger partial charge in [0.25, 0.3) is 0 Å². The third kappa shape index (κ3) is 4.46. The van der Waals surface area contributed by atoms with Crippen LogP contribution in [0.2, 0.25) is 5.02 Å². The first-order valence-corrected chi connectivity index (χ1v) is 10.8. The molecule has 162 valence electrons. The minimum absolute atomic E-state index is 0.0638. The number of hydrogen-bond acceptors (Lipinski definition) is 7. The highest BCUT2D eigenvalue weighted by atomic mass is 35.5. The number of aromatic nitrogens is 4. The fraction of sp³-hybridized carbons (Fsp3) is 0.217. The average Bonchev–Trinajstić information content (AvgIpc) is 2.82. The zero-order chi connectivity index (χ0) is 21.9. The maximum atomic E-state index is 13.5. The quantitative estimate of drug-likeness (QED) is 0.487. The van der Waals surface area contributed by atoms with E-state index in [2.05, 4.69) is 25.1 Å². The maximum absolute atomic E-state index is 13.5. The van der Waals surface area contributed by atoms with Crippen molar-refractivity contribution in [1.29, 1.82) is 0 Å². The van der Waals surface area contributed by atoms with Crippen LogP contribution in [0.5, 0.6) is 0 Å². The monoisotopic (exact) mass is 449 g/mol. The van der Waals surface area contributed by atoms with Crippen LogP contribution in [0.15, 0.2) is 60.9 Å². The molecule has 5 rings (SSSR count). The van der Waals surface area contributed by atoms with Gasteiger partial charge in [-0.1, -0.05) is 23.7 Å². The molecule has 0 saturated carbocycles. The van der Waals surface area contributed by atoms with E-state index in [1.807, 2.05) is 30.3 Å². The smallest absolute Gasteiger partial charge is 0.225 e. The molecule has 1 N–H and O–H groups in total. The molecule has 9 heteroatoms. The first-order chi connectivity index (χ1) is 15.7. The van der Waals surface area contributed by atoms with Gasteiger partial charge in [-0.15, -0.1) is 0 Å². The summed E-state index contributed by atoms with van der Waals surface area (Å²) in [5.74, 6) is 1.71. The zero-order valence-corrected chi connectivity index (χ0v) is 18.0. The zero-order valence-electron chi connectivity index (χ0n) is 17.2. The lowest BCUT2D eigenvalue weighted by Gasteiger charge is -2.34. The van der Waals surface area contributed by atoms with Gasteiger partial charge in [-0.2, -0.15) is 0 Å². The van der Waals surface area contributed by atoms with Gasteiger partial charge in [0.05, 0.1) is 17.1 Å². The Bertz CT molecular complexity index is 1230. The molecule has 1 aliphatic heterocycles. The highest BCUT2D eigenvalue weighted by Gasteiger charge is 2.20. The van der Waals surface area contributed by atoms with Gasteiger partial charge in [0.15, 0.2) is 0 Å². The highest BCUT2D eigenvalue weighted by Crippen LogP contribution is 2.27. The van der Waals surface area contributed by atoms with E-state index in [9.17, 15) is 4.39 Å². The lowest BCUT2D eigenvalue weighted by atomic mass is 10.2. The summed E-state index contributed by atoms with van der Waals surface area (Å²) >= 11 is 5.95. The van der Waals surface area contributed by atoms with Gasteiger partial charge in [0, 0.05) is 49.6 Å². The van der Waals surface area contributed by atoms with Gasteiger partial charge in [-0.05, 0) is 36.4 Å². The highest BCUT2D eigenvalue weighted by molar-refractivity contribution is 6.31. The number of anilines is 3. The predicted octanol–water partition coefficient (Wildman–Crippen LogP) is 4.28. The molecule has 0 atom stereocenters. The van der Waals surface area contributed by atoms with E-state index in [0.717, 1.165) is 48.9 Å². The van der Waals surface area contributed by atoms with Gasteiger partial charge in [0.2, 0.25) is 5.95 Å². The Morgan fingerprint density at radius 2 is 1.72 bits per heavy atom. The van der Waals surface area contributed by atoms with Crippen molar-refractivity contribution in [3.8, 4) is 0 Å². The predicted molar refractivity (Wildman–Crippen MR) is 124 cm³/mol. The summed E-state index contributed by atoms with van der Waals surface area (Å²) in [7, 11) is 0. The summed E-state index contributed by atoms with van der Waals surface area (Å²) in [5, 5.41) is 4.23. The summed E-state index contributed by atoms with van der Waals surface area (Å²) in [4.78, 5) is 22.7. The summed E-state index contributed by atoms with van der Waals surface area (Å²) in [6.45, 7) is 4.05. The normalized spacial score (nSPS) is 14.6. The summed E-state index contributed by atoms with van der Waals surface area (Å²) < 4.78 is 13.5. The average molecular weight is 450 g/mol. The van der Waals surface area contributed by atoms with Crippen molar-refractivity contribution in [3.05, 3.63) is 77.6 Å². The van der Waals surface area contributed by atoms with Crippen LogP contribution in [0, 0.1) is 5.82 Å². The number of nitrogens with zero attached hydrogens (tertiary/aromatic N) is 6. The first kappa shape index (κ1) is 20.5. The van der Waals surface area contributed by atoms with E-state index in [1.54, 1.807) is 24.5 Å².